The first-order valence-corrected chi connectivity index (χ1v) is 9.24. The zero-order valence-corrected chi connectivity index (χ0v) is 15.3. The number of halogens is 2. The van der Waals surface area contributed by atoms with Crippen molar-refractivity contribution in [2.24, 2.45) is 5.92 Å². The number of piperidine rings is 1. The third kappa shape index (κ3) is 3.31. The van der Waals surface area contributed by atoms with E-state index in [1.165, 1.54) is 19.2 Å². The minimum atomic E-state index is -0.240. The van der Waals surface area contributed by atoms with Gasteiger partial charge in [-0.25, -0.2) is 4.39 Å². The highest BCUT2D eigenvalue weighted by Gasteiger charge is 2.50. The van der Waals surface area contributed by atoms with Crippen LogP contribution >= 0.6 is 22.6 Å². The number of fused-ring (bicyclic) bond motifs is 2. The molecule has 3 rings (SSSR count). The fourth-order valence-corrected chi connectivity index (χ4v) is 4.50. The molecule has 124 valence electrons. The molecule has 4 atom stereocenters. The summed E-state index contributed by atoms with van der Waals surface area (Å²) in [6.07, 6.45) is 5.21. The number of methoxy groups -OCH3 is 1. The molecule has 0 N–H and O–H groups in total. The van der Waals surface area contributed by atoms with Crippen molar-refractivity contribution in [3.8, 4) is 0 Å². The fraction of sp³-hybridized carbons (Fsp3) is 0.500. The van der Waals surface area contributed by atoms with Gasteiger partial charge in [0, 0.05) is 24.5 Å². The van der Waals surface area contributed by atoms with Crippen molar-refractivity contribution < 1.29 is 13.9 Å². The first-order valence-electron chi connectivity index (χ1n) is 8.00. The predicted molar refractivity (Wildman–Crippen MR) is 95.9 cm³/mol. The molecule has 0 radical (unpaired) electrons. The summed E-state index contributed by atoms with van der Waals surface area (Å²) in [7, 11) is 1.46. The fourth-order valence-electron chi connectivity index (χ4n) is 4.27. The van der Waals surface area contributed by atoms with E-state index < -0.39 is 0 Å². The smallest absolute Gasteiger partial charge is 0.310 e. The number of esters is 1. The molecule has 1 aromatic carbocycles. The molecule has 2 aliphatic rings. The Hall–Kier alpha value is -0.950. The Labute approximate surface area is 150 Å². The van der Waals surface area contributed by atoms with Crippen LogP contribution < -0.4 is 0 Å². The first kappa shape index (κ1) is 16.9. The van der Waals surface area contributed by atoms with Gasteiger partial charge in [-0.3, -0.25) is 9.69 Å². The van der Waals surface area contributed by atoms with Crippen LogP contribution in [0.15, 0.2) is 34.4 Å². The molecule has 2 fully saturated rings. The third-order valence-electron chi connectivity index (χ3n) is 5.24. The Kier molecular flexibility index (Phi) is 5.36. The van der Waals surface area contributed by atoms with Crippen molar-refractivity contribution in [1.29, 1.82) is 0 Å². The minimum absolute atomic E-state index is 0.111. The first-order chi connectivity index (χ1) is 11.2. The molecular weight excluding hydrogens is 408 g/mol. The van der Waals surface area contributed by atoms with Crippen LogP contribution in [0.1, 0.15) is 30.7 Å². The average molecular weight is 429 g/mol. The molecule has 3 unspecified atom stereocenters. The van der Waals surface area contributed by atoms with Gasteiger partial charge in [-0.15, -0.1) is 0 Å². The van der Waals surface area contributed by atoms with E-state index in [-0.39, 0.29) is 29.7 Å². The van der Waals surface area contributed by atoms with E-state index in [9.17, 15) is 9.18 Å². The Bertz CT molecular complexity index is 589. The largest absolute Gasteiger partial charge is 0.469 e. The number of hydrogen-bond donors (Lipinski definition) is 0. The average Bonchev–Trinajstić information content (AvgIpc) is 2.84. The van der Waals surface area contributed by atoms with Crippen molar-refractivity contribution >= 4 is 28.6 Å². The summed E-state index contributed by atoms with van der Waals surface area (Å²) in [6.45, 7) is 0.877. The molecule has 1 aromatic rings. The number of nitrogens with zero attached hydrogens (tertiary/aromatic N) is 1. The maximum Gasteiger partial charge on any atom is 0.310 e. The number of ether oxygens (including phenoxy) is 1. The molecule has 5 heteroatoms. The van der Waals surface area contributed by atoms with E-state index in [0.29, 0.717) is 6.04 Å². The molecule has 0 amide bonds. The van der Waals surface area contributed by atoms with Crippen LogP contribution in [0.5, 0.6) is 0 Å². The van der Waals surface area contributed by atoms with E-state index in [2.05, 4.69) is 33.6 Å². The van der Waals surface area contributed by atoms with Crippen LogP contribution in [-0.4, -0.2) is 36.6 Å². The summed E-state index contributed by atoms with van der Waals surface area (Å²) >= 11 is 2.23. The van der Waals surface area contributed by atoms with Gasteiger partial charge in [0.1, 0.15) is 5.82 Å². The summed E-state index contributed by atoms with van der Waals surface area (Å²) in [5, 5.41) is 0. The van der Waals surface area contributed by atoms with Gasteiger partial charge >= 0.3 is 5.97 Å². The summed E-state index contributed by atoms with van der Waals surface area (Å²) in [5.41, 5.74) is 1.04. The maximum atomic E-state index is 13.2. The molecule has 0 spiro atoms. The van der Waals surface area contributed by atoms with Crippen molar-refractivity contribution in [3.63, 3.8) is 0 Å². The van der Waals surface area contributed by atoms with Gasteiger partial charge < -0.3 is 4.74 Å². The Morgan fingerprint density at radius 2 is 2.13 bits per heavy atom. The predicted octanol–water partition coefficient (Wildman–Crippen LogP) is 3.88. The van der Waals surface area contributed by atoms with Gasteiger partial charge in [0.05, 0.1) is 13.0 Å². The van der Waals surface area contributed by atoms with Gasteiger partial charge in [0.2, 0.25) is 0 Å². The summed E-state index contributed by atoms with van der Waals surface area (Å²) < 4.78 is 20.4. The standard InChI is InChI=1S/C18H21FINO2/c1-23-18(22)17-15(12-3-5-13(19)6-4-12)11-14-7-8-16(17)21(14)10-2-9-20/h2-6,9,14-17H,7-8,10-11H2,1H3/b9-2+/t14?,15-,16?,17?/m1/s1. The highest BCUT2D eigenvalue weighted by atomic mass is 127. The molecular formula is C18H21FINO2. The second kappa shape index (κ2) is 7.30. The third-order valence-corrected chi connectivity index (χ3v) is 5.75. The molecule has 0 saturated carbocycles. The van der Waals surface area contributed by atoms with Gasteiger partial charge in [-0.1, -0.05) is 40.8 Å². The minimum Gasteiger partial charge on any atom is -0.469 e. The second-order valence-corrected chi connectivity index (χ2v) is 7.02. The van der Waals surface area contributed by atoms with Gasteiger partial charge in [-0.2, -0.15) is 0 Å². The van der Waals surface area contributed by atoms with Crippen molar-refractivity contribution in [2.75, 3.05) is 13.7 Å². The monoisotopic (exact) mass is 429 g/mol. The SMILES string of the molecule is COC(=O)C1C2CCC(C[C@@H]1c1ccc(F)cc1)N2C/C=C/I. The van der Waals surface area contributed by atoms with Crippen LogP contribution in [0.25, 0.3) is 0 Å². The summed E-state index contributed by atoms with van der Waals surface area (Å²) in [4.78, 5) is 14.9. The second-order valence-electron chi connectivity index (χ2n) is 6.30. The van der Waals surface area contributed by atoms with Crippen LogP contribution in [0.4, 0.5) is 4.39 Å². The molecule has 0 aromatic heterocycles. The Morgan fingerprint density at radius 1 is 1.39 bits per heavy atom. The van der Waals surface area contributed by atoms with E-state index >= 15 is 0 Å². The lowest BCUT2D eigenvalue weighted by molar-refractivity contribution is -0.150. The zero-order chi connectivity index (χ0) is 16.4. The number of benzene rings is 1. The van der Waals surface area contributed by atoms with Crippen molar-refractivity contribution in [1.82, 2.24) is 4.90 Å². The van der Waals surface area contributed by atoms with Crippen LogP contribution in [0, 0.1) is 11.7 Å². The van der Waals surface area contributed by atoms with E-state index in [0.717, 1.165) is 31.4 Å². The number of carbonyl (C=O) groups is 1. The molecule has 2 saturated heterocycles. The lowest BCUT2D eigenvalue weighted by atomic mass is 9.76. The van der Waals surface area contributed by atoms with Crippen LogP contribution in [0.2, 0.25) is 0 Å². The highest BCUT2D eigenvalue weighted by Crippen LogP contribution is 2.47. The van der Waals surface area contributed by atoms with E-state index in [4.69, 9.17) is 4.74 Å². The lowest BCUT2D eigenvalue weighted by Gasteiger charge is -2.43. The molecule has 2 heterocycles. The normalized spacial score (nSPS) is 30.7. The number of rotatable bonds is 4. The van der Waals surface area contributed by atoms with Gasteiger partial charge in [-0.05, 0) is 41.0 Å². The topological polar surface area (TPSA) is 29.5 Å². The molecule has 2 bridgehead atoms. The maximum absolute atomic E-state index is 13.2. The lowest BCUT2D eigenvalue weighted by Crippen LogP contribution is -2.50. The van der Waals surface area contributed by atoms with Crippen LogP contribution in [-0.2, 0) is 9.53 Å². The van der Waals surface area contributed by atoms with Gasteiger partial charge in [0.25, 0.3) is 0 Å². The summed E-state index contributed by atoms with van der Waals surface area (Å²) in [5.74, 6) is -0.448. The van der Waals surface area contributed by atoms with Crippen molar-refractivity contribution in [2.45, 2.75) is 37.3 Å². The Morgan fingerprint density at radius 3 is 2.78 bits per heavy atom. The molecule has 2 aliphatic heterocycles. The molecule has 0 aliphatic carbocycles. The molecule has 3 nitrogen and oxygen atoms in total. The van der Waals surface area contributed by atoms with Crippen LogP contribution in [0.3, 0.4) is 0 Å². The highest BCUT2D eigenvalue weighted by molar-refractivity contribution is 14.1. The van der Waals surface area contributed by atoms with Gasteiger partial charge in [0.15, 0.2) is 0 Å². The van der Waals surface area contributed by atoms with Crippen molar-refractivity contribution in [3.05, 3.63) is 45.8 Å². The number of carbonyl (C=O) groups excluding carboxylic acids is 1. The number of hydrogen-bond acceptors (Lipinski definition) is 3. The zero-order valence-electron chi connectivity index (χ0n) is 13.1. The van der Waals surface area contributed by atoms with E-state index in [1.807, 2.05) is 16.2 Å². The molecule has 23 heavy (non-hydrogen) atoms. The summed E-state index contributed by atoms with van der Waals surface area (Å²) in [6, 6.07) is 7.30. The Balaban J connectivity index is 1.91. The quantitative estimate of drug-likeness (QED) is 0.538. The van der Waals surface area contributed by atoms with E-state index in [1.54, 1.807) is 0 Å².